The maximum absolute atomic E-state index is 11.1. The van der Waals surface area contributed by atoms with Gasteiger partial charge in [0.15, 0.2) is 10.2 Å². The predicted molar refractivity (Wildman–Crippen MR) is 58.3 cm³/mol. The summed E-state index contributed by atoms with van der Waals surface area (Å²) in [6.07, 6.45) is 0. The maximum Gasteiger partial charge on any atom is 0.225 e. The number of amides is 1. The highest BCUT2D eigenvalue weighted by Gasteiger charge is 2.29. The minimum Gasteiger partial charge on any atom is -0.365 e. The molecule has 0 aromatic rings. The molecular weight excluding hydrogens is 206 g/mol. The lowest BCUT2D eigenvalue weighted by atomic mass is 10.5. The quantitative estimate of drug-likeness (QED) is 0.575. The Morgan fingerprint density at radius 2 is 2.00 bits per heavy atom. The second kappa shape index (κ2) is 3.97. The second-order valence-electron chi connectivity index (χ2n) is 2.66. The Morgan fingerprint density at radius 3 is 2.38 bits per heavy atom. The van der Waals surface area contributed by atoms with Gasteiger partial charge in [-0.25, -0.2) is 0 Å². The van der Waals surface area contributed by atoms with Gasteiger partial charge >= 0.3 is 0 Å². The summed E-state index contributed by atoms with van der Waals surface area (Å²) in [7, 11) is 1.74. The Kier molecular flexibility index (Phi) is 3.16. The van der Waals surface area contributed by atoms with Crippen LogP contribution in [0.2, 0.25) is 0 Å². The number of carbonyl (C=O) groups is 1. The van der Waals surface area contributed by atoms with Crippen molar-refractivity contribution in [2.75, 3.05) is 20.1 Å². The topological polar surface area (TPSA) is 35.6 Å². The third kappa shape index (κ3) is 1.94. The van der Waals surface area contributed by atoms with Crippen molar-refractivity contribution in [3.05, 3.63) is 0 Å². The summed E-state index contributed by atoms with van der Waals surface area (Å²) in [5.74, 6) is -0.0357. The van der Waals surface area contributed by atoms with Crippen LogP contribution in [0, 0.1) is 0 Å². The highest BCUT2D eigenvalue weighted by Crippen LogP contribution is 2.09. The fourth-order valence-electron chi connectivity index (χ4n) is 1.15. The molecule has 0 aromatic heterocycles. The molecule has 1 rings (SSSR count). The second-order valence-corrected chi connectivity index (χ2v) is 3.41. The monoisotopic (exact) mass is 217 g/mol. The summed E-state index contributed by atoms with van der Waals surface area (Å²) in [5, 5.41) is 3.88. The van der Waals surface area contributed by atoms with Gasteiger partial charge in [-0.1, -0.05) is 0 Å². The van der Waals surface area contributed by atoms with Crippen LogP contribution in [-0.4, -0.2) is 46.1 Å². The lowest BCUT2D eigenvalue weighted by Crippen LogP contribution is -2.41. The molecular formula is C7H11N3OS2. The molecule has 0 bridgehead atoms. The van der Waals surface area contributed by atoms with Gasteiger partial charge < -0.3 is 5.32 Å². The molecule has 1 fully saturated rings. The summed E-state index contributed by atoms with van der Waals surface area (Å²) in [4.78, 5) is 14.3. The van der Waals surface area contributed by atoms with Crippen molar-refractivity contribution in [1.29, 1.82) is 0 Å². The fraction of sp³-hybridized carbons (Fsp3) is 0.571. The van der Waals surface area contributed by atoms with Crippen LogP contribution in [0.1, 0.15) is 6.92 Å². The van der Waals surface area contributed by atoms with Gasteiger partial charge in [0, 0.05) is 27.1 Å². The van der Waals surface area contributed by atoms with Gasteiger partial charge in [-0.3, -0.25) is 14.6 Å². The maximum atomic E-state index is 11.1. The summed E-state index contributed by atoms with van der Waals surface area (Å²) in [5.41, 5.74) is 0. The fourth-order valence-corrected chi connectivity index (χ4v) is 1.79. The molecule has 1 amide bonds. The van der Waals surface area contributed by atoms with Crippen molar-refractivity contribution in [3.63, 3.8) is 0 Å². The molecule has 0 aromatic carbocycles. The van der Waals surface area contributed by atoms with E-state index in [0.29, 0.717) is 23.3 Å². The number of rotatable bonds is 0. The van der Waals surface area contributed by atoms with E-state index in [1.54, 1.807) is 16.8 Å². The SMILES string of the molecule is CNC(=S)N1CCN(C(C)=O)C1=S. The minimum atomic E-state index is -0.0357. The first-order valence-corrected chi connectivity index (χ1v) is 4.71. The third-order valence-electron chi connectivity index (χ3n) is 1.85. The zero-order chi connectivity index (χ0) is 10.0. The number of hydrogen-bond acceptors (Lipinski definition) is 3. The van der Waals surface area contributed by atoms with E-state index in [0.717, 1.165) is 0 Å². The first-order chi connectivity index (χ1) is 6.07. The van der Waals surface area contributed by atoms with E-state index in [1.807, 2.05) is 0 Å². The van der Waals surface area contributed by atoms with Crippen LogP contribution in [-0.2, 0) is 4.79 Å². The number of thiocarbonyl (C=S) groups is 2. The Labute approximate surface area is 87.9 Å². The molecule has 1 heterocycles. The first-order valence-electron chi connectivity index (χ1n) is 3.89. The molecule has 1 aliphatic rings. The molecule has 1 saturated heterocycles. The van der Waals surface area contributed by atoms with E-state index >= 15 is 0 Å². The van der Waals surface area contributed by atoms with Crippen LogP contribution in [0.3, 0.4) is 0 Å². The minimum absolute atomic E-state index is 0.0357. The van der Waals surface area contributed by atoms with Gasteiger partial charge in [-0.2, -0.15) is 0 Å². The first kappa shape index (κ1) is 10.3. The molecule has 0 atom stereocenters. The average Bonchev–Trinajstić information content (AvgIpc) is 2.46. The molecule has 1 aliphatic heterocycles. The summed E-state index contributed by atoms with van der Waals surface area (Å²) in [6, 6.07) is 0. The van der Waals surface area contributed by atoms with E-state index in [2.05, 4.69) is 5.32 Å². The van der Waals surface area contributed by atoms with Crippen LogP contribution >= 0.6 is 24.4 Å². The predicted octanol–water partition coefficient (Wildman–Crippen LogP) is -0.0603. The van der Waals surface area contributed by atoms with Crippen molar-refractivity contribution in [2.45, 2.75) is 6.92 Å². The Hall–Kier alpha value is -0.750. The standard InChI is InChI=1S/C7H11N3OS2/c1-5(11)9-3-4-10(7(9)13)6(12)8-2/h3-4H2,1-2H3,(H,8,12). The van der Waals surface area contributed by atoms with Crippen LogP contribution in [0.4, 0.5) is 0 Å². The van der Waals surface area contributed by atoms with Gasteiger partial charge in [-0.15, -0.1) is 0 Å². The van der Waals surface area contributed by atoms with E-state index in [4.69, 9.17) is 24.4 Å². The molecule has 0 aliphatic carbocycles. The average molecular weight is 217 g/mol. The zero-order valence-electron chi connectivity index (χ0n) is 7.53. The van der Waals surface area contributed by atoms with Crippen LogP contribution in [0.15, 0.2) is 0 Å². The Balaban J connectivity index is 2.71. The highest BCUT2D eigenvalue weighted by molar-refractivity contribution is 7.81. The number of nitrogens with one attached hydrogen (secondary N) is 1. The highest BCUT2D eigenvalue weighted by atomic mass is 32.1. The van der Waals surface area contributed by atoms with Gasteiger partial charge in [0.2, 0.25) is 5.91 Å². The van der Waals surface area contributed by atoms with E-state index in [-0.39, 0.29) is 5.91 Å². The van der Waals surface area contributed by atoms with Gasteiger partial charge in [0.1, 0.15) is 0 Å². The van der Waals surface area contributed by atoms with Gasteiger partial charge in [0.05, 0.1) is 0 Å². The summed E-state index contributed by atoms with van der Waals surface area (Å²) < 4.78 is 0. The van der Waals surface area contributed by atoms with Gasteiger partial charge in [0.25, 0.3) is 0 Å². The zero-order valence-corrected chi connectivity index (χ0v) is 9.17. The van der Waals surface area contributed by atoms with Crippen molar-refractivity contribution in [2.24, 2.45) is 0 Å². The van der Waals surface area contributed by atoms with Crippen molar-refractivity contribution >= 4 is 40.6 Å². The van der Waals surface area contributed by atoms with Crippen molar-refractivity contribution < 1.29 is 4.79 Å². The molecule has 1 N–H and O–H groups in total. The smallest absolute Gasteiger partial charge is 0.225 e. The van der Waals surface area contributed by atoms with E-state index < -0.39 is 0 Å². The van der Waals surface area contributed by atoms with E-state index in [1.165, 1.54) is 6.92 Å². The van der Waals surface area contributed by atoms with Crippen molar-refractivity contribution in [3.8, 4) is 0 Å². The number of nitrogens with zero attached hydrogens (tertiary/aromatic N) is 2. The number of hydrogen-bond donors (Lipinski definition) is 1. The van der Waals surface area contributed by atoms with Crippen LogP contribution in [0.25, 0.3) is 0 Å². The molecule has 0 spiro atoms. The van der Waals surface area contributed by atoms with Crippen molar-refractivity contribution in [1.82, 2.24) is 15.1 Å². The lowest BCUT2D eigenvalue weighted by molar-refractivity contribution is -0.124. The normalized spacial score (nSPS) is 16.3. The molecule has 6 heteroatoms. The number of carbonyl (C=O) groups excluding carboxylic acids is 1. The largest absolute Gasteiger partial charge is 0.365 e. The molecule has 0 radical (unpaired) electrons. The van der Waals surface area contributed by atoms with Gasteiger partial charge in [-0.05, 0) is 24.4 Å². The molecule has 13 heavy (non-hydrogen) atoms. The van der Waals surface area contributed by atoms with E-state index in [9.17, 15) is 4.79 Å². The molecule has 0 unspecified atom stereocenters. The third-order valence-corrected chi connectivity index (χ3v) is 2.71. The summed E-state index contributed by atoms with van der Waals surface area (Å²) >= 11 is 10.1. The molecule has 0 saturated carbocycles. The summed E-state index contributed by atoms with van der Waals surface area (Å²) in [6.45, 7) is 2.80. The Bertz CT molecular complexity index is 266. The Morgan fingerprint density at radius 1 is 1.46 bits per heavy atom. The molecule has 72 valence electrons. The lowest BCUT2D eigenvalue weighted by Gasteiger charge is -2.19. The van der Waals surface area contributed by atoms with Crippen LogP contribution in [0.5, 0.6) is 0 Å². The van der Waals surface area contributed by atoms with Crippen LogP contribution < -0.4 is 5.32 Å². The molecule has 4 nitrogen and oxygen atoms in total.